The summed E-state index contributed by atoms with van der Waals surface area (Å²) in [5.41, 5.74) is 7.03. The minimum Gasteiger partial charge on any atom is -0.382 e. The van der Waals surface area contributed by atoms with Crippen LogP contribution in [0, 0.1) is 0 Å². The predicted octanol–water partition coefficient (Wildman–Crippen LogP) is 1.20. The molecule has 15 heavy (non-hydrogen) atoms. The standard InChI is InChI=1S/C9H10ClN5/c10-3-1-2-4-15-6-14-7-8(11)12-5-13-9(7)15/h1-2,5-6H,3-4H2,(H2,11,12,13)/b2-1+. The van der Waals surface area contributed by atoms with Crippen LogP contribution in [0.1, 0.15) is 0 Å². The number of rotatable bonds is 3. The van der Waals surface area contributed by atoms with Crippen molar-refractivity contribution in [2.75, 3.05) is 11.6 Å². The lowest BCUT2D eigenvalue weighted by Crippen LogP contribution is -1.97. The van der Waals surface area contributed by atoms with E-state index < -0.39 is 0 Å². The highest BCUT2D eigenvalue weighted by Crippen LogP contribution is 2.13. The number of aromatic nitrogens is 4. The lowest BCUT2D eigenvalue weighted by Gasteiger charge is -1.98. The molecule has 0 saturated heterocycles. The number of nitrogens with zero attached hydrogens (tertiary/aromatic N) is 4. The number of imidazole rings is 1. The summed E-state index contributed by atoms with van der Waals surface area (Å²) in [7, 11) is 0. The zero-order valence-corrected chi connectivity index (χ0v) is 8.72. The summed E-state index contributed by atoms with van der Waals surface area (Å²) in [4.78, 5) is 12.1. The number of nitrogens with two attached hydrogens (primary N) is 1. The van der Waals surface area contributed by atoms with Crippen LogP contribution < -0.4 is 5.73 Å². The van der Waals surface area contributed by atoms with E-state index >= 15 is 0 Å². The van der Waals surface area contributed by atoms with Gasteiger partial charge in [0.25, 0.3) is 0 Å². The predicted molar refractivity (Wildman–Crippen MR) is 59.6 cm³/mol. The van der Waals surface area contributed by atoms with Crippen LogP contribution in [0.5, 0.6) is 0 Å². The van der Waals surface area contributed by atoms with Gasteiger partial charge in [0.2, 0.25) is 0 Å². The van der Waals surface area contributed by atoms with Crippen molar-refractivity contribution < 1.29 is 0 Å². The Kier molecular flexibility index (Phi) is 2.82. The molecule has 0 aliphatic carbocycles. The van der Waals surface area contributed by atoms with E-state index in [2.05, 4.69) is 15.0 Å². The van der Waals surface area contributed by atoms with Gasteiger partial charge in [0.1, 0.15) is 11.8 Å². The number of allylic oxidation sites excluding steroid dienone is 2. The molecule has 0 aliphatic heterocycles. The number of hydrogen-bond acceptors (Lipinski definition) is 4. The van der Waals surface area contributed by atoms with E-state index in [-0.39, 0.29) is 0 Å². The fourth-order valence-electron chi connectivity index (χ4n) is 1.28. The normalized spacial score (nSPS) is 11.5. The van der Waals surface area contributed by atoms with Crippen LogP contribution in [0.15, 0.2) is 24.8 Å². The molecule has 0 unspecified atom stereocenters. The SMILES string of the molecule is Nc1ncnc2c1ncn2C/C=C/CCl. The quantitative estimate of drug-likeness (QED) is 0.627. The first-order chi connectivity index (χ1) is 7.33. The third-order valence-corrected chi connectivity index (χ3v) is 2.17. The Bertz CT molecular complexity index is 490. The molecule has 0 spiro atoms. The Morgan fingerprint density at radius 1 is 1.33 bits per heavy atom. The second-order valence-electron chi connectivity index (χ2n) is 2.95. The maximum absolute atomic E-state index is 5.66. The molecule has 0 fully saturated rings. The summed E-state index contributed by atoms with van der Waals surface area (Å²) < 4.78 is 1.89. The largest absolute Gasteiger partial charge is 0.382 e. The Morgan fingerprint density at radius 2 is 2.20 bits per heavy atom. The van der Waals surface area contributed by atoms with Crippen molar-refractivity contribution in [2.24, 2.45) is 0 Å². The topological polar surface area (TPSA) is 69.6 Å². The zero-order chi connectivity index (χ0) is 10.7. The fourth-order valence-corrected chi connectivity index (χ4v) is 1.41. The number of nitrogen functional groups attached to an aromatic ring is 1. The fraction of sp³-hybridized carbons (Fsp3) is 0.222. The number of halogens is 1. The second-order valence-corrected chi connectivity index (χ2v) is 3.26. The summed E-state index contributed by atoms with van der Waals surface area (Å²) in [6, 6.07) is 0. The third kappa shape index (κ3) is 1.92. The molecule has 5 nitrogen and oxygen atoms in total. The van der Waals surface area contributed by atoms with Crippen LogP contribution in [-0.4, -0.2) is 25.4 Å². The highest BCUT2D eigenvalue weighted by Gasteiger charge is 2.05. The molecule has 0 atom stereocenters. The molecule has 2 N–H and O–H groups in total. The zero-order valence-electron chi connectivity index (χ0n) is 7.97. The van der Waals surface area contributed by atoms with Crippen LogP contribution in [0.3, 0.4) is 0 Å². The first kappa shape index (κ1) is 9.92. The van der Waals surface area contributed by atoms with E-state index in [0.29, 0.717) is 23.8 Å². The summed E-state index contributed by atoms with van der Waals surface area (Å²) in [5.74, 6) is 0.907. The molecule has 0 amide bonds. The van der Waals surface area contributed by atoms with Crippen molar-refractivity contribution >= 4 is 28.6 Å². The Labute approximate surface area is 91.6 Å². The summed E-state index contributed by atoms with van der Waals surface area (Å²) in [6.07, 6.45) is 6.94. The molecular formula is C9H10ClN5. The van der Waals surface area contributed by atoms with Crippen molar-refractivity contribution in [1.29, 1.82) is 0 Å². The van der Waals surface area contributed by atoms with Crippen LogP contribution >= 0.6 is 11.6 Å². The van der Waals surface area contributed by atoms with E-state index in [4.69, 9.17) is 17.3 Å². The number of alkyl halides is 1. The maximum atomic E-state index is 5.66. The van der Waals surface area contributed by atoms with Gasteiger partial charge in [-0.25, -0.2) is 15.0 Å². The highest BCUT2D eigenvalue weighted by atomic mass is 35.5. The molecular weight excluding hydrogens is 214 g/mol. The van der Waals surface area contributed by atoms with Gasteiger partial charge in [-0.1, -0.05) is 12.2 Å². The molecule has 0 radical (unpaired) electrons. The van der Waals surface area contributed by atoms with Gasteiger partial charge in [0.15, 0.2) is 11.5 Å². The number of anilines is 1. The van der Waals surface area contributed by atoms with E-state index in [1.165, 1.54) is 6.33 Å². The Balaban J connectivity index is 2.37. The van der Waals surface area contributed by atoms with Crippen molar-refractivity contribution in [3.05, 3.63) is 24.8 Å². The van der Waals surface area contributed by atoms with Crippen LogP contribution in [-0.2, 0) is 6.54 Å². The smallest absolute Gasteiger partial charge is 0.165 e. The van der Waals surface area contributed by atoms with Crippen LogP contribution in [0.4, 0.5) is 5.82 Å². The number of fused-ring (bicyclic) bond motifs is 1. The van der Waals surface area contributed by atoms with Gasteiger partial charge in [-0.3, -0.25) is 0 Å². The molecule has 2 rings (SSSR count). The van der Waals surface area contributed by atoms with Crippen LogP contribution in [0.25, 0.3) is 11.2 Å². The maximum Gasteiger partial charge on any atom is 0.165 e. The van der Waals surface area contributed by atoms with Crippen molar-refractivity contribution in [2.45, 2.75) is 6.54 Å². The molecule has 0 saturated carbocycles. The van der Waals surface area contributed by atoms with E-state index in [1.54, 1.807) is 6.33 Å². The van der Waals surface area contributed by atoms with Crippen molar-refractivity contribution in [3.63, 3.8) is 0 Å². The number of hydrogen-bond donors (Lipinski definition) is 1. The van der Waals surface area contributed by atoms with E-state index in [9.17, 15) is 0 Å². The van der Waals surface area contributed by atoms with Gasteiger partial charge in [0, 0.05) is 12.4 Å². The van der Waals surface area contributed by atoms with E-state index in [0.717, 1.165) is 5.65 Å². The van der Waals surface area contributed by atoms with Crippen LogP contribution in [0.2, 0.25) is 0 Å². The summed E-state index contributed by atoms with van der Waals surface area (Å²) >= 11 is 5.53. The van der Waals surface area contributed by atoms with Gasteiger partial charge in [-0.05, 0) is 0 Å². The third-order valence-electron chi connectivity index (χ3n) is 1.99. The monoisotopic (exact) mass is 223 g/mol. The van der Waals surface area contributed by atoms with Gasteiger partial charge in [-0.2, -0.15) is 0 Å². The summed E-state index contributed by atoms with van der Waals surface area (Å²) in [6.45, 7) is 0.680. The molecule has 2 heterocycles. The Hall–Kier alpha value is -1.62. The van der Waals surface area contributed by atoms with Gasteiger partial charge >= 0.3 is 0 Å². The highest BCUT2D eigenvalue weighted by molar-refractivity contribution is 6.18. The minimum atomic E-state index is 0.403. The van der Waals surface area contributed by atoms with Gasteiger partial charge in [-0.15, -0.1) is 11.6 Å². The van der Waals surface area contributed by atoms with Crippen molar-refractivity contribution in [1.82, 2.24) is 19.5 Å². The van der Waals surface area contributed by atoms with Gasteiger partial charge < -0.3 is 10.3 Å². The lowest BCUT2D eigenvalue weighted by atomic mass is 10.5. The van der Waals surface area contributed by atoms with E-state index in [1.807, 2.05) is 16.7 Å². The lowest BCUT2D eigenvalue weighted by molar-refractivity contribution is 0.835. The molecule has 2 aromatic heterocycles. The minimum absolute atomic E-state index is 0.403. The molecule has 2 aromatic rings. The first-order valence-electron chi connectivity index (χ1n) is 4.45. The summed E-state index contributed by atoms with van der Waals surface area (Å²) in [5, 5.41) is 0. The molecule has 0 aliphatic rings. The Morgan fingerprint density at radius 3 is 3.00 bits per heavy atom. The first-order valence-corrected chi connectivity index (χ1v) is 4.98. The average Bonchev–Trinajstić information content (AvgIpc) is 2.64. The van der Waals surface area contributed by atoms with Gasteiger partial charge in [0.05, 0.1) is 6.33 Å². The molecule has 6 heteroatoms. The van der Waals surface area contributed by atoms with Crippen molar-refractivity contribution in [3.8, 4) is 0 Å². The molecule has 78 valence electrons. The molecule has 0 bridgehead atoms. The average molecular weight is 224 g/mol. The molecule has 0 aromatic carbocycles. The second kappa shape index (κ2) is 4.27.